The molecule has 0 aliphatic carbocycles. The second-order valence-corrected chi connectivity index (χ2v) is 4.95. The zero-order chi connectivity index (χ0) is 12.0. The quantitative estimate of drug-likeness (QED) is 0.767. The molecule has 0 spiro atoms. The Balaban J connectivity index is 2.48. The van der Waals surface area contributed by atoms with Crippen molar-refractivity contribution in [3.8, 4) is 0 Å². The molecule has 1 aromatic rings. The standard InChI is InChI=1S/C13H19FOS/c1-3-10(4-2)12(15)9-16-13-8-6-5-7-11(13)14/h5-8,10,12,15H,3-4,9H2,1-2H3. The number of halogens is 1. The summed E-state index contributed by atoms with van der Waals surface area (Å²) in [6.07, 6.45) is 1.59. The number of aliphatic hydroxyl groups is 1. The molecular weight excluding hydrogens is 223 g/mol. The zero-order valence-corrected chi connectivity index (χ0v) is 10.6. The van der Waals surface area contributed by atoms with Crippen molar-refractivity contribution in [2.24, 2.45) is 5.92 Å². The first kappa shape index (κ1) is 13.5. The van der Waals surface area contributed by atoms with Crippen LogP contribution in [0.2, 0.25) is 0 Å². The van der Waals surface area contributed by atoms with Gasteiger partial charge in [-0.1, -0.05) is 38.8 Å². The van der Waals surface area contributed by atoms with Gasteiger partial charge in [0.05, 0.1) is 6.10 Å². The van der Waals surface area contributed by atoms with Gasteiger partial charge in [-0.3, -0.25) is 0 Å². The number of aliphatic hydroxyl groups excluding tert-OH is 1. The molecule has 0 heterocycles. The van der Waals surface area contributed by atoms with Crippen LogP contribution in [0.4, 0.5) is 4.39 Å². The van der Waals surface area contributed by atoms with Crippen LogP contribution in [0.25, 0.3) is 0 Å². The molecule has 1 unspecified atom stereocenters. The van der Waals surface area contributed by atoms with E-state index in [1.54, 1.807) is 12.1 Å². The molecule has 0 fully saturated rings. The highest BCUT2D eigenvalue weighted by molar-refractivity contribution is 7.99. The highest BCUT2D eigenvalue weighted by atomic mass is 32.2. The third-order valence-electron chi connectivity index (χ3n) is 2.84. The molecule has 1 atom stereocenters. The Morgan fingerprint density at radius 3 is 2.44 bits per heavy atom. The first-order valence-corrected chi connectivity index (χ1v) is 6.73. The van der Waals surface area contributed by atoms with Gasteiger partial charge in [0.15, 0.2) is 0 Å². The van der Waals surface area contributed by atoms with Crippen LogP contribution in [0, 0.1) is 11.7 Å². The van der Waals surface area contributed by atoms with E-state index < -0.39 is 0 Å². The van der Waals surface area contributed by atoms with E-state index in [-0.39, 0.29) is 11.9 Å². The van der Waals surface area contributed by atoms with Gasteiger partial charge in [-0.2, -0.15) is 0 Å². The van der Waals surface area contributed by atoms with E-state index in [0.29, 0.717) is 16.6 Å². The average Bonchev–Trinajstić information content (AvgIpc) is 2.29. The van der Waals surface area contributed by atoms with Gasteiger partial charge < -0.3 is 5.11 Å². The molecule has 0 aliphatic heterocycles. The lowest BCUT2D eigenvalue weighted by molar-refractivity contribution is 0.125. The summed E-state index contributed by atoms with van der Waals surface area (Å²) in [4.78, 5) is 0.618. The van der Waals surface area contributed by atoms with Gasteiger partial charge in [-0.25, -0.2) is 4.39 Å². The number of hydrogen-bond donors (Lipinski definition) is 1. The molecule has 0 aromatic heterocycles. The van der Waals surface area contributed by atoms with Crippen LogP contribution in [0.3, 0.4) is 0 Å². The Morgan fingerprint density at radius 1 is 1.25 bits per heavy atom. The van der Waals surface area contributed by atoms with Crippen LogP contribution < -0.4 is 0 Å². The molecular formula is C13H19FOS. The summed E-state index contributed by atoms with van der Waals surface area (Å²) >= 11 is 1.39. The molecule has 3 heteroatoms. The van der Waals surface area contributed by atoms with Gasteiger partial charge in [0.25, 0.3) is 0 Å². The normalized spacial score (nSPS) is 13.1. The summed E-state index contributed by atoms with van der Waals surface area (Å²) in [6, 6.07) is 6.69. The summed E-state index contributed by atoms with van der Waals surface area (Å²) in [6.45, 7) is 4.15. The van der Waals surface area contributed by atoms with Crippen molar-refractivity contribution >= 4 is 11.8 Å². The molecule has 1 N–H and O–H groups in total. The molecule has 0 aliphatic rings. The maximum absolute atomic E-state index is 13.3. The van der Waals surface area contributed by atoms with E-state index >= 15 is 0 Å². The van der Waals surface area contributed by atoms with Crippen LogP contribution in [0.1, 0.15) is 26.7 Å². The zero-order valence-electron chi connectivity index (χ0n) is 9.82. The molecule has 16 heavy (non-hydrogen) atoms. The first-order chi connectivity index (χ1) is 7.69. The lowest BCUT2D eigenvalue weighted by Crippen LogP contribution is -2.21. The van der Waals surface area contributed by atoms with E-state index in [1.807, 2.05) is 6.07 Å². The largest absolute Gasteiger partial charge is 0.392 e. The average molecular weight is 242 g/mol. The van der Waals surface area contributed by atoms with Crippen molar-refractivity contribution < 1.29 is 9.50 Å². The van der Waals surface area contributed by atoms with Gasteiger partial charge in [0, 0.05) is 10.6 Å². The van der Waals surface area contributed by atoms with E-state index in [4.69, 9.17) is 0 Å². The Bertz CT molecular complexity index is 313. The highest BCUT2D eigenvalue weighted by Crippen LogP contribution is 2.25. The monoisotopic (exact) mass is 242 g/mol. The number of thioether (sulfide) groups is 1. The topological polar surface area (TPSA) is 20.2 Å². The fraction of sp³-hybridized carbons (Fsp3) is 0.538. The van der Waals surface area contributed by atoms with Crippen molar-refractivity contribution in [1.29, 1.82) is 0 Å². The van der Waals surface area contributed by atoms with Crippen molar-refractivity contribution in [3.63, 3.8) is 0 Å². The Labute approximate surface area is 101 Å². The van der Waals surface area contributed by atoms with Crippen LogP contribution in [0.5, 0.6) is 0 Å². The fourth-order valence-corrected chi connectivity index (χ4v) is 2.71. The van der Waals surface area contributed by atoms with Crippen LogP contribution in [0.15, 0.2) is 29.2 Å². The predicted octanol–water partition coefficient (Wildman–Crippen LogP) is 3.71. The van der Waals surface area contributed by atoms with Crippen LogP contribution in [-0.4, -0.2) is 17.0 Å². The fourth-order valence-electron chi connectivity index (χ4n) is 1.71. The van der Waals surface area contributed by atoms with E-state index in [9.17, 15) is 9.50 Å². The summed E-state index contributed by atoms with van der Waals surface area (Å²) in [7, 11) is 0. The predicted molar refractivity (Wildman–Crippen MR) is 67.2 cm³/mol. The summed E-state index contributed by atoms with van der Waals surface area (Å²) < 4.78 is 13.3. The molecule has 1 aromatic carbocycles. The molecule has 90 valence electrons. The highest BCUT2D eigenvalue weighted by Gasteiger charge is 2.16. The van der Waals surface area contributed by atoms with Gasteiger partial charge in [-0.15, -0.1) is 11.8 Å². The number of rotatable bonds is 6. The maximum atomic E-state index is 13.3. The summed E-state index contributed by atoms with van der Waals surface area (Å²) in [5.74, 6) is 0.677. The SMILES string of the molecule is CCC(CC)C(O)CSc1ccccc1F. The van der Waals surface area contributed by atoms with E-state index in [2.05, 4.69) is 13.8 Å². The third kappa shape index (κ3) is 3.80. The molecule has 0 saturated heterocycles. The second-order valence-electron chi connectivity index (χ2n) is 3.89. The van der Waals surface area contributed by atoms with Crippen LogP contribution >= 0.6 is 11.8 Å². The second kappa shape index (κ2) is 6.92. The van der Waals surface area contributed by atoms with Crippen molar-refractivity contribution in [1.82, 2.24) is 0 Å². The number of hydrogen-bond acceptors (Lipinski definition) is 2. The van der Waals surface area contributed by atoms with Crippen LogP contribution in [-0.2, 0) is 0 Å². The first-order valence-electron chi connectivity index (χ1n) is 5.74. The van der Waals surface area contributed by atoms with Crippen molar-refractivity contribution in [2.45, 2.75) is 37.7 Å². The summed E-state index contributed by atoms with van der Waals surface area (Å²) in [5, 5.41) is 9.92. The van der Waals surface area contributed by atoms with Crippen molar-refractivity contribution in [3.05, 3.63) is 30.1 Å². The molecule has 0 radical (unpaired) electrons. The third-order valence-corrected chi connectivity index (χ3v) is 3.99. The van der Waals surface area contributed by atoms with Crippen molar-refractivity contribution in [2.75, 3.05) is 5.75 Å². The molecule has 1 rings (SSSR count). The Kier molecular flexibility index (Phi) is 5.85. The van der Waals surface area contributed by atoms with Gasteiger partial charge in [0.1, 0.15) is 5.82 Å². The van der Waals surface area contributed by atoms with Gasteiger partial charge in [-0.05, 0) is 18.1 Å². The lowest BCUT2D eigenvalue weighted by Gasteiger charge is -2.19. The van der Waals surface area contributed by atoms with Gasteiger partial charge in [0.2, 0.25) is 0 Å². The minimum atomic E-state index is -0.348. The minimum absolute atomic E-state index is 0.204. The number of benzene rings is 1. The maximum Gasteiger partial charge on any atom is 0.136 e. The molecule has 1 nitrogen and oxygen atoms in total. The lowest BCUT2D eigenvalue weighted by atomic mass is 9.98. The Hall–Kier alpha value is -0.540. The summed E-state index contributed by atoms with van der Waals surface area (Å²) in [5.41, 5.74) is 0. The smallest absolute Gasteiger partial charge is 0.136 e. The van der Waals surface area contributed by atoms with Gasteiger partial charge >= 0.3 is 0 Å². The molecule has 0 amide bonds. The van der Waals surface area contributed by atoms with E-state index in [0.717, 1.165) is 12.8 Å². The molecule has 0 saturated carbocycles. The minimum Gasteiger partial charge on any atom is -0.392 e. The molecule has 0 bridgehead atoms. The Morgan fingerprint density at radius 2 is 1.88 bits per heavy atom. The van der Waals surface area contributed by atoms with E-state index in [1.165, 1.54) is 17.8 Å².